The van der Waals surface area contributed by atoms with Crippen molar-refractivity contribution in [3.05, 3.63) is 95.8 Å². The Labute approximate surface area is 164 Å². The lowest BCUT2D eigenvalue weighted by molar-refractivity contribution is -0.137. The van der Waals surface area contributed by atoms with Gasteiger partial charge in [-0.3, -0.25) is 4.98 Å². The molecule has 0 bridgehead atoms. The molecule has 4 aromatic rings. The van der Waals surface area contributed by atoms with E-state index < -0.39 is 17.8 Å². The van der Waals surface area contributed by atoms with Crippen molar-refractivity contribution in [2.45, 2.75) is 12.3 Å². The number of aliphatic hydroxyl groups excluding tert-OH is 1. The largest absolute Gasteiger partial charge is 0.416 e. The molecule has 7 heteroatoms. The predicted octanol–water partition coefficient (Wildman–Crippen LogP) is 5.50. The Kier molecular flexibility index (Phi) is 4.90. The van der Waals surface area contributed by atoms with Crippen LogP contribution in [-0.4, -0.2) is 15.2 Å². The van der Waals surface area contributed by atoms with Crippen LogP contribution in [0.3, 0.4) is 0 Å². The van der Waals surface area contributed by atoms with Crippen LogP contribution in [0.1, 0.15) is 22.8 Å². The van der Waals surface area contributed by atoms with Gasteiger partial charge in [-0.1, -0.05) is 53.7 Å². The number of rotatable bonds is 4. The zero-order chi connectivity index (χ0) is 20.4. The summed E-state index contributed by atoms with van der Waals surface area (Å²) >= 11 is 0. The summed E-state index contributed by atoms with van der Waals surface area (Å²) in [6.45, 7) is 0. The van der Waals surface area contributed by atoms with E-state index in [9.17, 15) is 18.3 Å². The number of hydrogen-bond acceptors (Lipinski definition) is 4. The van der Waals surface area contributed by atoms with Crippen LogP contribution >= 0.6 is 0 Å². The van der Waals surface area contributed by atoms with E-state index in [0.29, 0.717) is 11.1 Å². The normalized spacial score (nSPS) is 12.7. The number of benzene rings is 2. The molecule has 4 rings (SSSR count). The third kappa shape index (κ3) is 3.77. The Morgan fingerprint density at radius 3 is 2.34 bits per heavy atom. The van der Waals surface area contributed by atoms with Crippen LogP contribution in [0.4, 0.5) is 13.2 Å². The Morgan fingerprint density at radius 1 is 0.897 bits per heavy atom. The molecule has 0 saturated heterocycles. The van der Waals surface area contributed by atoms with Crippen molar-refractivity contribution in [3.8, 4) is 22.6 Å². The Bertz CT molecular complexity index is 1110. The third-order valence-corrected chi connectivity index (χ3v) is 4.50. The van der Waals surface area contributed by atoms with Crippen LogP contribution in [-0.2, 0) is 6.18 Å². The van der Waals surface area contributed by atoms with Crippen molar-refractivity contribution in [1.82, 2.24) is 10.1 Å². The average Bonchev–Trinajstić information content (AvgIpc) is 3.19. The van der Waals surface area contributed by atoms with Crippen LogP contribution in [0, 0.1) is 0 Å². The monoisotopic (exact) mass is 396 g/mol. The fourth-order valence-corrected chi connectivity index (χ4v) is 3.10. The molecular weight excluding hydrogens is 381 g/mol. The minimum atomic E-state index is -4.50. The summed E-state index contributed by atoms with van der Waals surface area (Å²) in [5.74, 6) is 0.286. The Morgan fingerprint density at radius 2 is 1.66 bits per heavy atom. The lowest BCUT2D eigenvalue weighted by Gasteiger charge is -2.13. The SMILES string of the molecule is OC(c1cccnc1)c1c(-c2cccc(C(F)(F)F)c2)noc1-c1ccccc1. The number of alkyl halides is 3. The second-order valence-electron chi connectivity index (χ2n) is 6.41. The lowest BCUT2D eigenvalue weighted by Crippen LogP contribution is -2.06. The number of pyridine rings is 1. The molecule has 0 radical (unpaired) electrons. The van der Waals surface area contributed by atoms with Gasteiger partial charge in [-0.2, -0.15) is 13.2 Å². The minimum Gasteiger partial charge on any atom is -0.383 e. The van der Waals surface area contributed by atoms with Crippen molar-refractivity contribution in [1.29, 1.82) is 0 Å². The highest BCUT2D eigenvalue weighted by Crippen LogP contribution is 2.40. The number of halogens is 3. The van der Waals surface area contributed by atoms with Gasteiger partial charge in [-0.15, -0.1) is 0 Å². The summed E-state index contributed by atoms with van der Waals surface area (Å²) in [6.07, 6.45) is -2.63. The molecule has 0 aliphatic rings. The topological polar surface area (TPSA) is 59.2 Å². The predicted molar refractivity (Wildman–Crippen MR) is 101 cm³/mol. The summed E-state index contributed by atoms with van der Waals surface area (Å²) in [4.78, 5) is 4.01. The molecule has 2 heterocycles. The third-order valence-electron chi connectivity index (χ3n) is 4.50. The number of aliphatic hydroxyl groups is 1. The fourth-order valence-electron chi connectivity index (χ4n) is 3.10. The molecule has 0 saturated carbocycles. The highest BCUT2D eigenvalue weighted by molar-refractivity contribution is 5.74. The molecular formula is C22H15F3N2O2. The van der Waals surface area contributed by atoms with Gasteiger partial charge >= 0.3 is 6.18 Å². The number of nitrogens with zero attached hydrogens (tertiary/aromatic N) is 2. The van der Waals surface area contributed by atoms with Gasteiger partial charge in [-0.25, -0.2) is 0 Å². The maximum Gasteiger partial charge on any atom is 0.416 e. The van der Waals surface area contributed by atoms with E-state index in [-0.39, 0.29) is 22.6 Å². The van der Waals surface area contributed by atoms with E-state index in [1.165, 1.54) is 18.3 Å². The van der Waals surface area contributed by atoms with E-state index in [2.05, 4.69) is 10.1 Å². The van der Waals surface area contributed by atoms with Gasteiger partial charge in [0.25, 0.3) is 0 Å². The Hall–Kier alpha value is -3.45. The van der Waals surface area contributed by atoms with Crippen LogP contribution in [0.2, 0.25) is 0 Å². The van der Waals surface area contributed by atoms with Gasteiger partial charge in [0.2, 0.25) is 0 Å². The minimum absolute atomic E-state index is 0.145. The fraction of sp³-hybridized carbons (Fsp3) is 0.0909. The molecule has 1 N–H and O–H groups in total. The standard InChI is InChI=1S/C22H15F3N2O2/c23-22(24,25)17-10-4-8-15(12-17)19-18(20(28)16-9-5-11-26-13-16)21(29-27-19)14-6-2-1-3-7-14/h1-13,20,28H. The van der Waals surface area contributed by atoms with Gasteiger partial charge in [0.1, 0.15) is 11.8 Å². The van der Waals surface area contributed by atoms with E-state index in [1.807, 2.05) is 6.07 Å². The molecule has 0 spiro atoms. The number of aromatic nitrogens is 2. The zero-order valence-corrected chi connectivity index (χ0v) is 15.0. The maximum absolute atomic E-state index is 13.2. The number of hydrogen-bond donors (Lipinski definition) is 1. The second-order valence-corrected chi connectivity index (χ2v) is 6.41. The summed E-state index contributed by atoms with van der Waals surface area (Å²) < 4.78 is 45.0. The van der Waals surface area contributed by atoms with E-state index in [1.54, 1.807) is 42.6 Å². The quantitative estimate of drug-likeness (QED) is 0.495. The van der Waals surface area contributed by atoms with Gasteiger partial charge in [0.05, 0.1) is 11.1 Å². The van der Waals surface area contributed by atoms with Crippen molar-refractivity contribution >= 4 is 0 Å². The molecule has 1 unspecified atom stereocenters. The lowest BCUT2D eigenvalue weighted by atomic mass is 9.94. The molecule has 0 amide bonds. The first kappa shape index (κ1) is 18.9. The second kappa shape index (κ2) is 7.52. The molecule has 1 atom stereocenters. The first-order chi connectivity index (χ1) is 13.9. The first-order valence-corrected chi connectivity index (χ1v) is 8.76. The van der Waals surface area contributed by atoms with Crippen molar-refractivity contribution < 1.29 is 22.8 Å². The van der Waals surface area contributed by atoms with Crippen LogP contribution in [0.5, 0.6) is 0 Å². The van der Waals surface area contributed by atoms with Crippen molar-refractivity contribution in [3.63, 3.8) is 0 Å². The summed E-state index contributed by atoms with van der Waals surface area (Å²) in [7, 11) is 0. The average molecular weight is 396 g/mol. The van der Waals surface area contributed by atoms with E-state index in [0.717, 1.165) is 12.1 Å². The molecule has 29 heavy (non-hydrogen) atoms. The smallest absolute Gasteiger partial charge is 0.383 e. The van der Waals surface area contributed by atoms with Gasteiger partial charge in [0.15, 0.2) is 5.76 Å². The first-order valence-electron chi connectivity index (χ1n) is 8.76. The molecule has 2 aromatic carbocycles. The molecule has 0 aliphatic carbocycles. The van der Waals surface area contributed by atoms with Crippen molar-refractivity contribution in [2.75, 3.05) is 0 Å². The highest BCUT2D eigenvalue weighted by atomic mass is 19.4. The molecule has 146 valence electrons. The van der Waals surface area contributed by atoms with Gasteiger partial charge in [-0.05, 0) is 18.2 Å². The zero-order valence-electron chi connectivity index (χ0n) is 15.0. The summed E-state index contributed by atoms with van der Waals surface area (Å²) in [6, 6.07) is 17.1. The van der Waals surface area contributed by atoms with E-state index in [4.69, 9.17) is 4.52 Å². The van der Waals surface area contributed by atoms with Crippen LogP contribution in [0.15, 0.2) is 83.6 Å². The van der Waals surface area contributed by atoms with E-state index >= 15 is 0 Å². The van der Waals surface area contributed by atoms with Crippen LogP contribution < -0.4 is 0 Å². The van der Waals surface area contributed by atoms with Gasteiger partial charge < -0.3 is 9.63 Å². The van der Waals surface area contributed by atoms with Crippen molar-refractivity contribution in [2.24, 2.45) is 0 Å². The maximum atomic E-state index is 13.2. The molecule has 4 nitrogen and oxygen atoms in total. The highest BCUT2D eigenvalue weighted by Gasteiger charge is 2.32. The molecule has 0 fully saturated rings. The Balaban J connectivity index is 1.91. The molecule has 2 aromatic heterocycles. The summed E-state index contributed by atoms with van der Waals surface area (Å²) in [5, 5.41) is 15.0. The molecule has 0 aliphatic heterocycles. The van der Waals surface area contributed by atoms with Crippen LogP contribution in [0.25, 0.3) is 22.6 Å². The van der Waals surface area contributed by atoms with Gasteiger partial charge in [0, 0.05) is 29.1 Å². The summed E-state index contributed by atoms with van der Waals surface area (Å²) in [5.41, 5.74) is 0.942.